The summed E-state index contributed by atoms with van der Waals surface area (Å²) in [6.45, 7) is 4.64. The number of hydrogen-bond acceptors (Lipinski definition) is 0. The predicted molar refractivity (Wildman–Crippen MR) is 136 cm³/mol. The molecule has 6 atom stereocenters. The largest absolute Gasteiger partial charge is 4.00 e. The van der Waals surface area contributed by atoms with Gasteiger partial charge in [0.05, 0.1) is 0 Å². The van der Waals surface area contributed by atoms with Crippen molar-refractivity contribution in [3.05, 3.63) is 132 Å². The van der Waals surface area contributed by atoms with Gasteiger partial charge >= 0.3 is 26.2 Å². The minimum absolute atomic E-state index is 0. The number of rotatable bonds is 2. The molecule has 35 heavy (non-hydrogen) atoms. The van der Waals surface area contributed by atoms with E-state index in [9.17, 15) is 0 Å². The smallest absolute Gasteiger partial charge is 1.00 e. The third-order valence-corrected chi connectivity index (χ3v) is 7.51. The number of halogens is 2. The zero-order chi connectivity index (χ0) is 21.9. The van der Waals surface area contributed by atoms with Crippen LogP contribution in [0.4, 0.5) is 0 Å². The summed E-state index contributed by atoms with van der Waals surface area (Å²) in [7, 11) is 0. The first-order valence-electron chi connectivity index (χ1n) is 12.3. The summed E-state index contributed by atoms with van der Waals surface area (Å²) >= 11 is 0. The van der Waals surface area contributed by atoms with Gasteiger partial charge in [0.1, 0.15) is 0 Å². The Kier molecular flexibility index (Phi) is 11.7. The van der Waals surface area contributed by atoms with Crippen LogP contribution in [0.5, 0.6) is 0 Å². The number of allylic oxidation sites excluding steroid dienone is 8. The molecular weight excluding hydrogens is 546 g/mol. The molecule has 0 aromatic heterocycles. The summed E-state index contributed by atoms with van der Waals surface area (Å²) < 4.78 is 0. The molecule has 0 amide bonds. The van der Waals surface area contributed by atoms with Crippen LogP contribution in [0, 0.1) is 36.5 Å². The van der Waals surface area contributed by atoms with Gasteiger partial charge in [0, 0.05) is 11.8 Å². The first kappa shape index (κ1) is 29.8. The van der Waals surface area contributed by atoms with Crippen molar-refractivity contribution in [1.82, 2.24) is 0 Å². The second-order valence-corrected chi connectivity index (χ2v) is 9.95. The number of hydrogen-bond donors (Lipinski definition) is 0. The van der Waals surface area contributed by atoms with Crippen molar-refractivity contribution in [3.8, 4) is 0 Å². The summed E-state index contributed by atoms with van der Waals surface area (Å²) in [6.07, 6.45) is 21.2. The van der Waals surface area contributed by atoms with Gasteiger partial charge in [-0.05, 0) is 23.0 Å². The van der Waals surface area contributed by atoms with E-state index in [-0.39, 0.29) is 51.0 Å². The van der Waals surface area contributed by atoms with E-state index in [4.69, 9.17) is 0 Å². The van der Waals surface area contributed by atoms with Crippen LogP contribution in [0.15, 0.2) is 108 Å². The Hall–Kier alpha value is -1.40. The Balaban J connectivity index is 0.000000227. The van der Waals surface area contributed by atoms with Crippen LogP contribution in [0.1, 0.15) is 49.7 Å². The first-order valence-corrected chi connectivity index (χ1v) is 12.3. The average Bonchev–Trinajstić information content (AvgIpc) is 3.41. The Morgan fingerprint density at radius 2 is 0.971 bits per heavy atom. The minimum atomic E-state index is 0. The molecule has 6 unspecified atom stereocenters. The van der Waals surface area contributed by atoms with Gasteiger partial charge < -0.3 is 24.8 Å². The maximum absolute atomic E-state index is 2.43. The fourth-order valence-electron chi connectivity index (χ4n) is 6.06. The van der Waals surface area contributed by atoms with Gasteiger partial charge in [0.25, 0.3) is 0 Å². The summed E-state index contributed by atoms with van der Waals surface area (Å²) in [6, 6.07) is 21.8. The topological polar surface area (TPSA) is 0 Å². The van der Waals surface area contributed by atoms with E-state index >= 15 is 0 Å². The molecule has 180 valence electrons. The average molecular weight is 581 g/mol. The van der Waals surface area contributed by atoms with Crippen molar-refractivity contribution >= 4 is 0 Å². The first-order chi connectivity index (χ1) is 15.7. The van der Waals surface area contributed by atoms with Crippen LogP contribution >= 0.6 is 0 Å². The molecule has 2 aromatic rings. The fraction of sp³-hybridized carbons (Fsp3) is 0.312. The van der Waals surface area contributed by atoms with Gasteiger partial charge in [0.2, 0.25) is 0 Å². The van der Waals surface area contributed by atoms with Crippen LogP contribution < -0.4 is 24.8 Å². The quantitative estimate of drug-likeness (QED) is 0.479. The van der Waals surface area contributed by atoms with Crippen molar-refractivity contribution in [1.29, 1.82) is 0 Å². The molecule has 4 aliphatic carbocycles. The van der Waals surface area contributed by atoms with Crippen molar-refractivity contribution in [2.45, 2.75) is 38.5 Å². The summed E-state index contributed by atoms with van der Waals surface area (Å²) in [4.78, 5) is 0. The van der Waals surface area contributed by atoms with Crippen molar-refractivity contribution < 1.29 is 51.0 Å². The van der Waals surface area contributed by atoms with Crippen LogP contribution in [0.2, 0.25) is 0 Å². The van der Waals surface area contributed by atoms with Gasteiger partial charge in [-0.2, -0.15) is 0 Å². The van der Waals surface area contributed by atoms with E-state index in [2.05, 4.69) is 124 Å². The molecule has 3 heteroatoms. The van der Waals surface area contributed by atoms with E-state index in [0.717, 1.165) is 11.8 Å². The van der Waals surface area contributed by atoms with Crippen LogP contribution in [-0.2, 0) is 26.2 Å². The minimum Gasteiger partial charge on any atom is -1.00 e. The third kappa shape index (κ3) is 6.88. The molecule has 0 N–H and O–H groups in total. The third-order valence-electron chi connectivity index (χ3n) is 7.51. The molecule has 2 fully saturated rings. The summed E-state index contributed by atoms with van der Waals surface area (Å²) in [5.74, 6) is 4.07. The van der Waals surface area contributed by atoms with Gasteiger partial charge in [0.15, 0.2) is 0 Å². The molecular formula is C32H34Cl2Zr. The van der Waals surface area contributed by atoms with Crippen molar-refractivity contribution in [3.63, 3.8) is 0 Å². The van der Waals surface area contributed by atoms with E-state index in [1.54, 1.807) is 11.1 Å². The van der Waals surface area contributed by atoms with E-state index < -0.39 is 0 Å². The molecule has 2 aromatic carbocycles. The van der Waals surface area contributed by atoms with E-state index in [0.29, 0.717) is 23.7 Å². The van der Waals surface area contributed by atoms with Gasteiger partial charge in [-0.25, -0.2) is 36.1 Å². The molecule has 0 bridgehead atoms. The molecule has 0 radical (unpaired) electrons. The number of fused-ring (bicyclic) bond motifs is 2. The molecule has 0 aliphatic heterocycles. The molecule has 2 saturated carbocycles. The summed E-state index contributed by atoms with van der Waals surface area (Å²) in [5, 5.41) is 0. The second kappa shape index (κ2) is 13.8. The second-order valence-electron chi connectivity index (χ2n) is 9.95. The zero-order valence-electron chi connectivity index (χ0n) is 20.5. The maximum Gasteiger partial charge on any atom is 4.00 e. The molecule has 6 rings (SSSR count). The van der Waals surface area contributed by atoms with E-state index in [1.807, 2.05) is 0 Å². The van der Waals surface area contributed by atoms with Crippen LogP contribution in [0.3, 0.4) is 0 Å². The number of benzene rings is 2. The SMILES string of the molecule is CC1[CH-]C2=CC=CC(c3ccccc3)C2C1.CC1[CH-]C2=CC=CC(c3ccccc3)C2C1.[Cl-].[Cl-].[Zr+4]. The van der Waals surface area contributed by atoms with Crippen LogP contribution in [0.25, 0.3) is 0 Å². The molecule has 0 spiro atoms. The monoisotopic (exact) mass is 578 g/mol. The standard InChI is InChI=1S/2C16H17.2ClH.Zr/c2*1-12-10-14-8-5-9-15(16(14)11-12)13-6-3-2-4-7-13;;;/h2*2-10,12,15-16H,11H2,1H3;2*1H;/q2*-1;;;+4/p-2. The maximum atomic E-state index is 2.43. The zero-order valence-corrected chi connectivity index (χ0v) is 24.5. The van der Waals surface area contributed by atoms with Crippen molar-refractivity contribution in [2.24, 2.45) is 23.7 Å². The van der Waals surface area contributed by atoms with Gasteiger partial charge in [-0.15, -0.1) is 12.2 Å². The fourth-order valence-corrected chi connectivity index (χ4v) is 6.06. The van der Waals surface area contributed by atoms with E-state index in [1.165, 1.54) is 24.0 Å². The predicted octanol–water partition coefficient (Wildman–Crippen LogP) is 2.26. The molecule has 4 aliphatic rings. The summed E-state index contributed by atoms with van der Waals surface area (Å²) in [5.41, 5.74) is 6.00. The molecule has 0 heterocycles. The normalized spacial score (nSPS) is 29.1. The Bertz CT molecular complexity index is 952. The Labute approximate surface area is 244 Å². The van der Waals surface area contributed by atoms with Crippen molar-refractivity contribution in [2.75, 3.05) is 0 Å². The van der Waals surface area contributed by atoms with Crippen LogP contribution in [-0.4, -0.2) is 0 Å². The Morgan fingerprint density at radius 1 is 0.600 bits per heavy atom. The Morgan fingerprint density at radius 3 is 1.34 bits per heavy atom. The van der Waals surface area contributed by atoms with Gasteiger partial charge in [-0.1, -0.05) is 111 Å². The molecule has 0 saturated heterocycles. The van der Waals surface area contributed by atoms with Gasteiger partial charge in [-0.3, -0.25) is 0 Å². The molecule has 0 nitrogen and oxygen atoms in total.